The molecule has 1 aliphatic heterocycles. The Morgan fingerprint density at radius 1 is 1.03 bits per heavy atom. The first-order valence-corrected chi connectivity index (χ1v) is 14.8. The fourth-order valence-corrected chi connectivity index (χ4v) is 5.92. The third-order valence-electron chi connectivity index (χ3n) is 8.00. The number of carbonyl (C=O) groups is 1. The zero-order valence-electron chi connectivity index (χ0n) is 22.7. The lowest BCUT2D eigenvalue weighted by atomic mass is 9.84. The molecule has 39 heavy (non-hydrogen) atoms. The van der Waals surface area contributed by atoms with Gasteiger partial charge in [-0.15, -0.1) is 0 Å². The van der Waals surface area contributed by atoms with Crippen LogP contribution in [0.15, 0.2) is 85.1 Å². The van der Waals surface area contributed by atoms with Crippen LogP contribution in [0.5, 0.6) is 0 Å². The van der Waals surface area contributed by atoms with Gasteiger partial charge in [0.2, 0.25) is 0 Å². The van der Waals surface area contributed by atoms with Crippen molar-refractivity contribution in [2.45, 2.75) is 50.8 Å². The molecule has 1 saturated heterocycles. The molecule has 1 amide bonds. The minimum Gasteiger partial charge on any atom is -0.378 e. The molecule has 2 heterocycles. The smallest absolute Gasteiger partial charge is 0.251 e. The Morgan fingerprint density at radius 2 is 1.74 bits per heavy atom. The number of nitrogens with zero attached hydrogens (tertiary/aromatic N) is 2. The fraction of sp³-hybridized carbons (Fsp3) is 0.333. The SMILES string of the molecule is CCC(NC(=O)c1ccc(CC2(OC)CCN(Cc3ccc4ncccc4c3)CC2)cc1)c1ccc(I)cc1. The number of carbonyl (C=O) groups excluding carboxylic acids is 1. The lowest BCUT2D eigenvalue weighted by Crippen LogP contribution is -2.46. The molecule has 0 radical (unpaired) electrons. The number of hydrogen-bond acceptors (Lipinski definition) is 4. The minimum absolute atomic E-state index is 0.00222. The van der Waals surface area contributed by atoms with Gasteiger partial charge in [-0.2, -0.15) is 0 Å². The molecule has 1 unspecified atom stereocenters. The normalized spacial score (nSPS) is 16.2. The zero-order valence-corrected chi connectivity index (χ0v) is 24.9. The third-order valence-corrected chi connectivity index (χ3v) is 8.72. The number of methoxy groups -OCH3 is 1. The second kappa shape index (κ2) is 12.6. The van der Waals surface area contributed by atoms with Gasteiger partial charge in [0.25, 0.3) is 5.91 Å². The van der Waals surface area contributed by atoms with Gasteiger partial charge in [0.05, 0.1) is 17.2 Å². The van der Waals surface area contributed by atoms with Crippen molar-refractivity contribution in [1.29, 1.82) is 0 Å². The van der Waals surface area contributed by atoms with Crippen LogP contribution in [0.25, 0.3) is 10.9 Å². The molecule has 202 valence electrons. The largest absolute Gasteiger partial charge is 0.378 e. The number of ether oxygens (including phenoxy) is 1. The minimum atomic E-state index is -0.175. The Morgan fingerprint density at radius 3 is 2.44 bits per heavy atom. The molecule has 5 nitrogen and oxygen atoms in total. The van der Waals surface area contributed by atoms with E-state index in [-0.39, 0.29) is 17.6 Å². The molecule has 0 saturated carbocycles. The summed E-state index contributed by atoms with van der Waals surface area (Å²) in [4.78, 5) is 19.9. The number of halogens is 1. The first-order chi connectivity index (χ1) is 19.0. The highest BCUT2D eigenvalue weighted by molar-refractivity contribution is 14.1. The van der Waals surface area contributed by atoms with Crippen molar-refractivity contribution in [3.05, 3.63) is 111 Å². The first kappa shape index (κ1) is 27.7. The average Bonchev–Trinajstić information content (AvgIpc) is 2.98. The molecular formula is C33H36IN3O2. The van der Waals surface area contributed by atoms with Gasteiger partial charge < -0.3 is 10.1 Å². The van der Waals surface area contributed by atoms with E-state index in [0.717, 1.165) is 56.4 Å². The standard InChI is InChI=1S/C33H36IN3O2/c1-3-30(26-11-13-29(34)14-12-26)36-32(38)27-9-6-24(7-10-27)22-33(39-2)16-19-37(20-17-33)23-25-8-15-31-28(21-25)5-4-18-35-31/h4-15,18,21,30H,3,16-17,19-20,22-23H2,1-2H3,(H,36,38). The molecular weight excluding hydrogens is 597 g/mol. The molecule has 1 atom stereocenters. The fourth-order valence-electron chi connectivity index (χ4n) is 5.56. The van der Waals surface area contributed by atoms with Gasteiger partial charge in [0, 0.05) is 53.9 Å². The van der Waals surface area contributed by atoms with Gasteiger partial charge in [0.1, 0.15) is 0 Å². The second-order valence-electron chi connectivity index (χ2n) is 10.6. The van der Waals surface area contributed by atoms with Crippen molar-refractivity contribution in [2.75, 3.05) is 20.2 Å². The predicted octanol–water partition coefficient (Wildman–Crippen LogP) is 6.94. The summed E-state index contributed by atoms with van der Waals surface area (Å²) >= 11 is 2.30. The van der Waals surface area contributed by atoms with Gasteiger partial charge in [0.15, 0.2) is 0 Å². The van der Waals surface area contributed by atoms with Crippen LogP contribution in [-0.4, -0.2) is 41.6 Å². The van der Waals surface area contributed by atoms with Gasteiger partial charge >= 0.3 is 0 Å². The van der Waals surface area contributed by atoms with Crippen molar-refractivity contribution >= 4 is 39.4 Å². The molecule has 1 N–H and O–H groups in total. The highest BCUT2D eigenvalue weighted by Crippen LogP contribution is 2.31. The van der Waals surface area contributed by atoms with E-state index in [2.05, 4.69) is 105 Å². The Balaban J connectivity index is 1.17. The van der Waals surface area contributed by atoms with Crippen LogP contribution in [-0.2, 0) is 17.7 Å². The molecule has 3 aromatic carbocycles. The molecule has 4 aromatic rings. The number of amides is 1. The van der Waals surface area contributed by atoms with E-state index in [1.165, 1.54) is 20.1 Å². The maximum Gasteiger partial charge on any atom is 0.251 e. The monoisotopic (exact) mass is 633 g/mol. The maximum absolute atomic E-state index is 13.0. The van der Waals surface area contributed by atoms with Crippen LogP contribution in [0.1, 0.15) is 59.3 Å². The summed E-state index contributed by atoms with van der Waals surface area (Å²) in [7, 11) is 1.84. The molecule has 0 bridgehead atoms. The van der Waals surface area contributed by atoms with Crippen molar-refractivity contribution < 1.29 is 9.53 Å². The highest BCUT2D eigenvalue weighted by atomic mass is 127. The Labute approximate surface area is 245 Å². The second-order valence-corrected chi connectivity index (χ2v) is 11.8. The number of rotatable bonds is 9. The number of likely N-dealkylation sites (tertiary alicyclic amines) is 1. The molecule has 0 spiro atoms. The molecule has 1 aliphatic rings. The number of aromatic nitrogens is 1. The summed E-state index contributed by atoms with van der Waals surface area (Å²) in [5.41, 5.74) is 5.21. The number of hydrogen-bond donors (Lipinski definition) is 1. The number of piperidine rings is 1. The van der Waals surface area contributed by atoms with Crippen LogP contribution in [0, 0.1) is 3.57 Å². The van der Waals surface area contributed by atoms with Crippen molar-refractivity contribution in [1.82, 2.24) is 15.2 Å². The highest BCUT2D eigenvalue weighted by Gasteiger charge is 2.34. The first-order valence-electron chi connectivity index (χ1n) is 13.7. The van der Waals surface area contributed by atoms with Gasteiger partial charge in [-0.3, -0.25) is 14.7 Å². The Bertz CT molecular complexity index is 1400. The van der Waals surface area contributed by atoms with Crippen molar-refractivity contribution in [2.24, 2.45) is 0 Å². The van der Waals surface area contributed by atoms with E-state index in [0.29, 0.717) is 5.56 Å². The number of benzene rings is 3. The van der Waals surface area contributed by atoms with E-state index in [1.54, 1.807) is 0 Å². The zero-order chi connectivity index (χ0) is 27.2. The molecule has 1 aromatic heterocycles. The third kappa shape index (κ3) is 6.86. The van der Waals surface area contributed by atoms with E-state index in [1.807, 2.05) is 31.5 Å². The van der Waals surface area contributed by atoms with E-state index >= 15 is 0 Å². The summed E-state index contributed by atoms with van der Waals surface area (Å²) in [5.74, 6) is -0.0359. The topological polar surface area (TPSA) is 54.5 Å². The summed E-state index contributed by atoms with van der Waals surface area (Å²) in [6.45, 7) is 5.03. The van der Waals surface area contributed by atoms with Crippen molar-refractivity contribution in [3.63, 3.8) is 0 Å². The lowest BCUT2D eigenvalue weighted by molar-refractivity contribution is -0.0578. The quantitative estimate of drug-likeness (QED) is 0.203. The maximum atomic E-state index is 13.0. The van der Waals surface area contributed by atoms with Crippen LogP contribution >= 0.6 is 22.6 Å². The average molecular weight is 634 g/mol. The van der Waals surface area contributed by atoms with Crippen molar-refractivity contribution in [3.8, 4) is 0 Å². The van der Waals surface area contributed by atoms with E-state index in [9.17, 15) is 4.79 Å². The predicted molar refractivity (Wildman–Crippen MR) is 166 cm³/mol. The van der Waals surface area contributed by atoms with Crippen LogP contribution < -0.4 is 5.32 Å². The number of fused-ring (bicyclic) bond motifs is 1. The van der Waals surface area contributed by atoms with Gasteiger partial charge in [-0.05, 0) is 101 Å². The summed E-state index contributed by atoms with van der Waals surface area (Å²) in [6, 6.07) is 27.1. The van der Waals surface area contributed by atoms with Gasteiger partial charge in [-0.1, -0.05) is 43.3 Å². The van der Waals surface area contributed by atoms with E-state index < -0.39 is 0 Å². The molecule has 1 fully saturated rings. The summed E-state index contributed by atoms with van der Waals surface area (Å²) < 4.78 is 7.32. The molecule has 5 rings (SSSR count). The van der Waals surface area contributed by atoms with Gasteiger partial charge in [-0.25, -0.2) is 0 Å². The van der Waals surface area contributed by atoms with Crippen LogP contribution in [0.2, 0.25) is 0 Å². The number of pyridine rings is 1. The van der Waals surface area contributed by atoms with E-state index in [4.69, 9.17) is 4.74 Å². The summed E-state index contributed by atoms with van der Waals surface area (Å²) in [6.07, 6.45) is 5.49. The van der Waals surface area contributed by atoms with Crippen LogP contribution in [0.3, 0.4) is 0 Å². The molecule has 0 aliphatic carbocycles. The number of nitrogens with one attached hydrogen (secondary N) is 1. The molecule has 6 heteroatoms. The van der Waals surface area contributed by atoms with Crippen LogP contribution in [0.4, 0.5) is 0 Å². The Kier molecular flexibility index (Phi) is 8.95. The Hall–Kier alpha value is -2.81. The summed E-state index contributed by atoms with van der Waals surface area (Å²) in [5, 5.41) is 4.39. The lowest BCUT2D eigenvalue weighted by Gasteiger charge is -2.41.